The van der Waals surface area contributed by atoms with E-state index in [1.54, 1.807) is 0 Å². The molecule has 0 aliphatic rings. The number of carbonyl (C=O) groups is 1. The van der Waals surface area contributed by atoms with Gasteiger partial charge in [0.05, 0.1) is 12.2 Å². The summed E-state index contributed by atoms with van der Waals surface area (Å²) in [4.78, 5) is 11.4. The van der Waals surface area contributed by atoms with Gasteiger partial charge in [0.25, 0.3) is 0 Å². The molecule has 1 amide bonds. The Morgan fingerprint density at radius 1 is 1.69 bits per heavy atom. The highest BCUT2D eigenvalue weighted by molar-refractivity contribution is 7.10. The van der Waals surface area contributed by atoms with Crippen LogP contribution in [0.15, 0.2) is 6.20 Å². The van der Waals surface area contributed by atoms with E-state index < -0.39 is 6.04 Å². The third-order valence-electron chi connectivity index (χ3n) is 1.63. The Balaban J connectivity index is 2.51. The number of rotatable bonds is 3. The molecule has 0 radical (unpaired) electrons. The van der Waals surface area contributed by atoms with Crippen molar-refractivity contribution in [3.8, 4) is 0 Å². The Bertz CT molecular complexity index is 272. The highest BCUT2D eigenvalue weighted by Gasteiger charge is 2.17. The zero-order chi connectivity index (χ0) is 9.84. The van der Waals surface area contributed by atoms with E-state index in [4.69, 9.17) is 5.73 Å². The number of carbonyl (C=O) groups excluding carboxylic acids is 1. The van der Waals surface area contributed by atoms with Crippen molar-refractivity contribution < 1.29 is 4.79 Å². The Morgan fingerprint density at radius 3 is 2.85 bits per heavy atom. The van der Waals surface area contributed by atoms with E-state index in [-0.39, 0.29) is 11.8 Å². The van der Waals surface area contributed by atoms with Gasteiger partial charge in [-0.25, -0.2) is 0 Å². The lowest BCUT2D eigenvalue weighted by Crippen LogP contribution is -2.39. The van der Waals surface area contributed by atoms with Gasteiger partial charge < -0.3 is 11.1 Å². The molecule has 0 aromatic carbocycles. The lowest BCUT2D eigenvalue weighted by molar-refractivity contribution is -0.118. The molecule has 72 valence electrons. The van der Waals surface area contributed by atoms with E-state index >= 15 is 0 Å². The monoisotopic (exact) mass is 200 g/mol. The molecular weight excluding hydrogens is 188 g/mol. The fourth-order valence-electron chi connectivity index (χ4n) is 0.730. The quantitative estimate of drug-likeness (QED) is 0.742. The summed E-state index contributed by atoms with van der Waals surface area (Å²) < 4.78 is 3.62. The summed E-state index contributed by atoms with van der Waals surface area (Å²) >= 11 is 1.13. The van der Waals surface area contributed by atoms with Crippen molar-refractivity contribution in [1.82, 2.24) is 9.59 Å². The molecule has 0 saturated carbocycles. The first-order chi connectivity index (χ1) is 6.11. The van der Waals surface area contributed by atoms with Gasteiger partial charge in [-0.2, -0.15) is 0 Å². The molecule has 1 atom stereocenters. The van der Waals surface area contributed by atoms with Crippen LogP contribution in [0, 0.1) is 5.92 Å². The normalized spacial score (nSPS) is 12.9. The van der Waals surface area contributed by atoms with Crippen LogP contribution in [0.1, 0.15) is 13.8 Å². The number of amides is 1. The van der Waals surface area contributed by atoms with Crippen molar-refractivity contribution in [1.29, 1.82) is 0 Å². The van der Waals surface area contributed by atoms with Gasteiger partial charge in [0, 0.05) is 11.5 Å². The summed E-state index contributed by atoms with van der Waals surface area (Å²) in [5.74, 6) is -0.0677. The summed E-state index contributed by atoms with van der Waals surface area (Å²) in [5.41, 5.74) is 5.63. The topological polar surface area (TPSA) is 80.9 Å². The first kappa shape index (κ1) is 10.1. The predicted molar refractivity (Wildman–Crippen MR) is 51.4 cm³/mol. The van der Waals surface area contributed by atoms with E-state index in [2.05, 4.69) is 14.9 Å². The van der Waals surface area contributed by atoms with Crippen molar-refractivity contribution in [3.05, 3.63) is 6.20 Å². The van der Waals surface area contributed by atoms with Crippen LogP contribution in [0.4, 0.5) is 5.00 Å². The minimum absolute atomic E-state index is 0.126. The van der Waals surface area contributed by atoms with Gasteiger partial charge in [-0.1, -0.05) is 18.3 Å². The molecule has 1 aromatic heterocycles. The molecule has 1 heterocycles. The maximum absolute atomic E-state index is 11.4. The Labute approximate surface area is 80.5 Å². The molecule has 1 unspecified atom stereocenters. The summed E-state index contributed by atoms with van der Waals surface area (Å²) in [6, 6.07) is -0.484. The molecule has 3 N–H and O–H groups in total. The molecular formula is C7H12N4OS. The summed E-state index contributed by atoms with van der Waals surface area (Å²) in [6.45, 7) is 3.80. The van der Waals surface area contributed by atoms with Crippen molar-refractivity contribution >= 4 is 22.4 Å². The maximum atomic E-state index is 11.4. The van der Waals surface area contributed by atoms with Gasteiger partial charge >= 0.3 is 0 Å². The Morgan fingerprint density at radius 2 is 2.38 bits per heavy atom. The fraction of sp³-hybridized carbons (Fsp3) is 0.571. The van der Waals surface area contributed by atoms with Gasteiger partial charge in [-0.15, -0.1) is 5.10 Å². The third kappa shape index (κ3) is 2.74. The molecule has 0 aliphatic heterocycles. The molecule has 0 saturated heterocycles. The molecule has 13 heavy (non-hydrogen) atoms. The second kappa shape index (κ2) is 4.29. The number of aromatic nitrogens is 2. The van der Waals surface area contributed by atoms with Gasteiger partial charge in [-0.05, 0) is 5.92 Å². The van der Waals surface area contributed by atoms with E-state index in [9.17, 15) is 4.79 Å². The molecule has 1 rings (SSSR count). The molecule has 6 heteroatoms. The van der Waals surface area contributed by atoms with E-state index in [0.29, 0.717) is 5.00 Å². The lowest BCUT2D eigenvalue weighted by atomic mass is 10.1. The van der Waals surface area contributed by atoms with Gasteiger partial charge in [0.15, 0.2) is 0 Å². The van der Waals surface area contributed by atoms with Crippen LogP contribution in [-0.2, 0) is 4.79 Å². The van der Waals surface area contributed by atoms with Crippen LogP contribution in [0.25, 0.3) is 0 Å². The van der Waals surface area contributed by atoms with E-state index in [1.165, 1.54) is 6.20 Å². The number of nitrogens with one attached hydrogen (secondary N) is 1. The predicted octanol–water partition coefficient (Wildman–Crippen LogP) is 0.460. The van der Waals surface area contributed by atoms with Crippen LogP contribution in [-0.4, -0.2) is 21.5 Å². The van der Waals surface area contributed by atoms with E-state index in [1.807, 2.05) is 13.8 Å². The van der Waals surface area contributed by atoms with E-state index in [0.717, 1.165) is 11.5 Å². The highest BCUT2D eigenvalue weighted by Crippen LogP contribution is 2.10. The molecule has 0 aliphatic carbocycles. The molecule has 1 aromatic rings. The number of hydrogen-bond acceptors (Lipinski definition) is 5. The number of nitrogens with zero attached hydrogens (tertiary/aromatic N) is 2. The van der Waals surface area contributed by atoms with Gasteiger partial charge in [-0.3, -0.25) is 4.79 Å². The first-order valence-electron chi connectivity index (χ1n) is 3.95. The van der Waals surface area contributed by atoms with Crippen molar-refractivity contribution in [2.75, 3.05) is 5.32 Å². The summed E-state index contributed by atoms with van der Waals surface area (Å²) in [6.07, 6.45) is 1.50. The Hall–Kier alpha value is -1.01. The van der Waals surface area contributed by atoms with Crippen molar-refractivity contribution in [2.24, 2.45) is 11.7 Å². The smallest absolute Gasteiger partial charge is 0.242 e. The molecule has 0 fully saturated rings. The molecule has 0 spiro atoms. The van der Waals surface area contributed by atoms with Crippen molar-refractivity contribution in [2.45, 2.75) is 19.9 Å². The minimum Gasteiger partial charge on any atom is -0.320 e. The van der Waals surface area contributed by atoms with Crippen LogP contribution in [0.5, 0.6) is 0 Å². The average molecular weight is 200 g/mol. The maximum Gasteiger partial charge on any atom is 0.242 e. The van der Waals surface area contributed by atoms with Crippen molar-refractivity contribution in [3.63, 3.8) is 0 Å². The van der Waals surface area contributed by atoms with Crippen LogP contribution >= 0.6 is 11.5 Å². The Kier molecular flexibility index (Phi) is 3.32. The average Bonchev–Trinajstić information content (AvgIpc) is 2.55. The highest BCUT2D eigenvalue weighted by atomic mass is 32.1. The second-order valence-corrected chi connectivity index (χ2v) is 3.83. The van der Waals surface area contributed by atoms with Crippen LogP contribution < -0.4 is 11.1 Å². The lowest BCUT2D eigenvalue weighted by Gasteiger charge is -2.13. The third-order valence-corrected chi connectivity index (χ3v) is 2.21. The number of hydrogen-bond donors (Lipinski definition) is 2. The molecule has 0 bridgehead atoms. The fourth-order valence-corrected chi connectivity index (χ4v) is 1.15. The van der Waals surface area contributed by atoms with Gasteiger partial charge in [0.1, 0.15) is 5.00 Å². The summed E-state index contributed by atoms with van der Waals surface area (Å²) in [5, 5.41) is 6.85. The SMILES string of the molecule is CC(C)C(N)C(=O)Nc1cnns1. The largest absolute Gasteiger partial charge is 0.320 e. The second-order valence-electron chi connectivity index (χ2n) is 3.04. The summed E-state index contributed by atoms with van der Waals surface area (Å²) in [7, 11) is 0. The zero-order valence-corrected chi connectivity index (χ0v) is 8.34. The number of anilines is 1. The van der Waals surface area contributed by atoms with Crippen LogP contribution in [0.2, 0.25) is 0 Å². The first-order valence-corrected chi connectivity index (χ1v) is 4.72. The standard InChI is InChI=1S/C7H12N4OS/c1-4(2)6(8)7(12)10-5-3-9-11-13-5/h3-4,6H,8H2,1-2H3,(H,10,12). The zero-order valence-electron chi connectivity index (χ0n) is 7.52. The van der Waals surface area contributed by atoms with Gasteiger partial charge in [0.2, 0.25) is 5.91 Å². The van der Waals surface area contributed by atoms with Crippen LogP contribution in [0.3, 0.4) is 0 Å². The number of nitrogens with two attached hydrogens (primary N) is 1. The molecule has 5 nitrogen and oxygen atoms in total. The minimum atomic E-state index is -0.484.